The SMILES string of the molecule is Clc1ccccc1SCCCN1CCN(CCc2cccs2)CC1. The smallest absolute Gasteiger partial charge is 0.0541 e. The second kappa shape index (κ2) is 9.83. The van der Waals surface area contributed by atoms with Gasteiger partial charge >= 0.3 is 0 Å². The van der Waals surface area contributed by atoms with Crippen molar-refractivity contribution in [3.05, 3.63) is 51.7 Å². The molecular weight excluding hydrogens is 356 g/mol. The zero-order valence-corrected chi connectivity index (χ0v) is 16.4. The van der Waals surface area contributed by atoms with Crippen molar-refractivity contribution in [3.63, 3.8) is 0 Å². The largest absolute Gasteiger partial charge is 0.301 e. The molecule has 130 valence electrons. The predicted molar refractivity (Wildman–Crippen MR) is 108 cm³/mol. The number of rotatable bonds is 8. The monoisotopic (exact) mass is 380 g/mol. The Balaban J connectivity index is 1.28. The van der Waals surface area contributed by atoms with E-state index in [2.05, 4.69) is 39.4 Å². The van der Waals surface area contributed by atoms with Crippen LogP contribution in [0.25, 0.3) is 0 Å². The van der Waals surface area contributed by atoms with Crippen molar-refractivity contribution >= 4 is 34.7 Å². The van der Waals surface area contributed by atoms with Crippen LogP contribution in [0.3, 0.4) is 0 Å². The maximum absolute atomic E-state index is 6.20. The molecule has 0 saturated carbocycles. The zero-order valence-electron chi connectivity index (χ0n) is 14.0. The molecule has 2 heterocycles. The van der Waals surface area contributed by atoms with Gasteiger partial charge < -0.3 is 9.80 Å². The number of thiophene rings is 1. The average Bonchev–Trinajstić information content (AvgIpc) is 3.13. The van der Waals surface area contributed by atoms with Crippen LogP contribution in [0.1, 0.15) is 11.3 Å². The van der Waals surface area contributed by atoms with Gasteiger partial charge in [-0.1, -0.05) is 29.8 Å². The highest BCUT2D eigenvalue weighted by Crippen LogP contribution is 2.26. The number of benzene rings is 1. The van der Waals surface area contributed by atoms with Crippen LogP contribution in [-0.2, 0) is 6.42 Å². The molecule has 0 radical (unpaired) electrons. The third-order valence-electron chi connectivity index (χ3n) is 4.43. The van der Waals surface area contributed by atoms with E-state index in [0.29, 0.717) is 0 Å². The first-order valence-corrected chi connectivity index (χ1v) is 10.9. The highest BCUT2D eigenvalue weighted by molar-refractivity contribution is 7.99. The van der Waals surface area contributed by atoms with Crippen molar-refractivity contribution in [3.8, 4) is 0 Å². The molecular formula is C19H25ClN2S2. The predicted octanol–water partition coefficient (Wildman–Crippen LogP) is 4.74. The number of nitrogens with zero attached hydrogens (tertiary/aromatic N) is 2. The maximum Gasteiger partial charge on any atom is 0.0541 e. The van der Waals surface area contributed by atoms with Crippen LogP contribution < -0.4 is 0 Å². The van der Waals surface area contributed by atoms with Crippen molar-refractivity contribution in [2.75, 3.05) is 45.0 Å². The van der Waals surface area contributed by atoms with Crippen molar-refractivity contribution in [1.29, 1.82) is 0 Å². The fourth-order valence-corrected chi connectivity index (χ4v) is 4.86. The lowest BCUT2D eigenvalue weighted by atomic mass is 10.2. The molecule has 0 N–H and O–H groups in total. The molecule has 1 aromatic heterocycles. The summed E-state index contributed by atoms with van der Waals surface area (Å²) in [7, 11) is 0. The Kier molecular flexibility index (Phi) is 7.49. The summed E-state index contributed by atoms with van der Waals surface area (Å²) in [6.07, 6.45) is 2.43. The summed E-state index contributed by atoms with van der Waals surface area (Å²) in [5.41, 5.74) is 0. The topological polar surface area (TPSA) is 6.48 Å². The standard InChI is InChI=1S/C19H25ClN2S2/c20-18-6-1-2-7-19(18)24-16-4-9-21-11-13-22(14-12-21)10-8-17-5-3-15-23-17/h1-3,5-7,15H,4,8-14,16H2. The van der Waals surface area contributed by atoms with Crippen LogP contribution in [0, 0.1) is 0 Å². The first-order valence-electron chi connectivity index (χ1n) is 8.66. The van der Waals surface area contributed by atoms with Gasteiger partial charge in [0, 0.05) is 42.5 Å². The molecule has 0 unspecified atom stereocenters. The van der Waals surface area contributed by atoms with Gasteiger partial charge in [0.05, 0.1) is 5.02 Å². The Hall–Kier alpha value is -0.520. The molecule has 2 nitrogen and oxygen atoms in total. The minimum absolute atomic E-state index is 0.877. The minimum atomic E-state index is 0.877. The first kappa shape index (κ1) is 18.3. The summed E-state index contributed by atoms with van der Waals surface area (Å²) >= 11 is 9.95. The Morgan fingerprint density at radius 2 is 1.71 bits per heavy atom. The van der Waals surface area contributed by atoms with Crippen LogP contribution in [0.4, 0.5) is 0 Å². The Labute approximate surface area is 158 Å². The molecule has 24 heavy (non-hydrogen) atoms. The molecule has 1 saturated heterocycles. The van der Waals surface area contributed by atoms with Gasteiger partial charge in [0.1, 0.15) is 0 Å². The molecule has 0 aliphatic carbocycles. The second-order valence-electron chi connectivity index (χ2n) is 6.15. The van der Waals surface area contributed by atoms with Gasteiger partial charge in [-0.2, -0.15) is 0 Å². The molecule has 5 heteroatoms. The lowest BCUT2D eigenvalue weighted by Crippen LogP contribution is -2.47. The summed E-state index contributed by atoms with van der Waals surface area (Å²) in [6, 6.07) is 12.5. The van der Waals surface area contributed by atoms with Gasteiger partial charge in [0.25, 0.3) is 0 Å². The van der Waals surface area contributed by atoms with E-state index < -0.39 is 0 Å². The number of halogens is 1. The molecule has 1 aliphatic rings. The van der Waals surface area contributed by atoms with Gasteiger partial charge in [-0.05, 0) is 48.7 Å². The molecule has 0 atom stereocenters. The first-order chi connectivity index (χ1) is 11.8. The molecule has 2 aromatic rings. The van der Waals surface area contributed by atoms with Crippen LogP contribution in [0.2, 0.25) is 5.02 Å². The van der Waals surface area contributed by atoms with E-state index in [0.717, 1.165) is 10.8 Å². The fourth-order valence-electron chi connectivity index (χ4n) is 2.99. The van der Waals surface area contributed by atoms with Gasteiger partial charge in [0.15, 0.2) is 0 Å². The molecule has 1 aliphatic heterocycles. The van der Waals surface area contributed by atoms with Gasteiger partial charge in [-0.15, -0.1) is 23.1 Å². The summed E-state index contributed by atoms with van der Waals surface area (Å²) in [5.74, 6) is 1.14. The van der Waals surface area contributed by atoms with Gasteiger partial charge in [-0.25, -0.2) is 0 Å². The van der Waals surface area contributed by atoms with Crippen LogP contribution in [-0.4, -0.2) is 54.8 Å². The van der Waals surface area contributed by atoms with E-state index in [-0.39, 0.29) is 0 Å². The normalized spacial score (nSPS) is 16.5. The average molecular weight is 381 g/mol. The van der Waals surface area contributed by atoms with Crippen molar-refractivity contribution < 1.29 is 0 Å². The molecule has 3 rings (SSSR count). The number of thioether (sulfide) groups is 1. The molecule has 1 fully saturated rings. The third-order valence-corrected chi connectivity index (χ3v) is 6.97. The van der Waals surface area contributed by atoms with Gasteiger partial charge in [0.2, 0.25) is 0 Å². The molecule has 0 spiro atoms. The van der Waals surface area contributed by atoms with Crippen molar-refractivity contribution in [2.45, 2.75) is 17.7 Å². The number of hydrogen-bond acceptors (Lipinski definition) is 4. The third kappa shape index (κ3) is 5.78. The number of piperazine rings is 1. The van der Waals surface area contributed by atoms with E-state index in [4.69, 9.17) is 11.6 Å². The maximum atomic E-state index is 6.20. The highest BCUT2D eigenvalue weighted by Gasteiger charge is 2.16. The minimum Gasteiger partial charge on any atom is -0.301 e. The van der Waals surface area contributed by atoms with Gasteiger partial charge in [-0.3, -0.25) is 0 Å². The van der Waals surface area contributed by atoms with E-state index in [1.54, 1.807) is 0 Å². The quantitative estimate of drug-likeness (QED) is 0.482. The Morgan fingerprint density at radius 3 is 2.42 bits per heavy atom. The zero-order chi connectivity index (χ0) is 16.6. The van der Waals surface area contributed by atoms with Crippen molar-refractivity contribution in [2.24, 2.45) is 0 Å². The molecule has 1 aromatic carbocycles. The molecule has 0 amide bonds. The summed E-state index contributed by atoms with van der Waals surface area (Å²) < 4.78 is 0. The molecule has 0 bridgehead atoms. The fraction of sp³-hybridized carbons (Fsp3) is 0.474. The summed E-state index contributed by atoms with van der Waals surface area (Å²) in [5, 5.41) is 3.05. The van der Waals surface area contributed by atoms with E-state index in [9.17, 15) is 0 Å². The van der Waals surface area contributed by atoms with Crippen LogP contribution in [0.5, 0.6) is 0 Å². The Morgan fingerprint density at radius 1 is 0.958 bits per heavy atom. The lowest BCUT2D eigenvalue weighted by Gasteiger charge is -2.34. The second-order valence-corrected chi connectivity index (χ2v) is 8.72. The highest BCUT2D eigenvalue weighted by atomic mass is 35.5. The van der Waals surface area contributed by atoms with Crippen molar-refractivity contribution in [1.82, 2.24) is 9.80 Å². The number of hydrogen-bond donors (Lipinski definition) is 0. The van der Waals surface area contributed by atoms with E-state index in [1.807, 2.05) is 35.2 Å². The lowest BCUT2D eigenvalue weighted by molar-refractivity contribution is 0.134. The van der Waals surface area contributed by atoms with Crippen LogP contribution >= 0.6 is 34.7 Å². The van der Waals surface area contributed by atoms with Crippen LogP contribution in [0.15, 0.2) is 46.7 Å². The Bertz CT molecular complexity index is 595. The van der Waals surface area contributed by atoms with E-state index in [1.165, 1.54) is 61.9 Å². The summed E-state index contributed by atoms with van der Waals surface area (Å²) in [4.78, 5) is 7.93. The summed E-state index contributed by atoms with van der Waals surface area (Å²) in [6.45, 7) is 7.25. The van der Waals surface area contributed by atoms with E-state index >= 15 is 0 Å².